The van der Waals surface area contributed by atoms with Crippen LogP contribution in [0.1, 0.15) is 49.0 Å². The zero-order valence-corrected chi connectivity index (χ0v) is 12.4. The van der Waals surface area contributed by atoms with Crippen molar-refractivity contribution in [3.63, 3.8) is 0 Å². The van der Waals surface area contributed by atoms with Crippen LogP contribution in [0.25, 0.3) is 0 Å². The zero-order valence-electron chi connectivity index (χ0n) is 11.7. The van der Waals surface area contributed by atoms with Gasteiger partial charge in [0, 0.05) is 17.5 Å². The second kappa shape index (κ2) is 6.42. The Bertz CT molecular complexity index is 446. The molecule has 0 aromatic heterocycles. The fourth-order valence-corrected chi connectivity index (χ4v) is 3.24. The van der Waals surface area contributed by atoms with Crippen molar-refractivity contribution in [2.24, 2.45) is 11.8 Å². The molecule has 1 aliphatic carbocycles. The molecule has 0 aliphatic heterocycles. The van der Waals surface area contributed by atoms with Gasteiger partial charge in [-0.15, -0.1) is 11.6 Å². The third-order valence-corrected chi connectivity index (χ3v) is 4.72. The van der Waals surface area contributed by atoms with E-state index in [0.717, 1.165) is 17.9 Å². The fraction of sp³-hybridized carbons (Fsp3) is 0.562. The van der Waals surface area contributed by atoms with E-state index in [1.165, 1.54) is 12.8 Å². The lowest BCUT2D eigenvalue weighted by Gasteiger charge is -2.21. The van der Waals surface area contributed by atoms with Crippen molar-refractivity contribution in [2.75, 3.05) is 0 Å². The van der Waals surface area contributed by atoms with Gasteiger partial charge in [-0.25, -0.2) is 0 Å². The predicted octanol–water partition coefficient (Wildman–Crippen LogP) is 3.98. The lowest BCUT2D eigenvalue weighted by molar-refractivity contribution is 0.0926. The van der Waals surface area contributed by atoms with Crippen LogP contribution in [-0.4, -0.2) is 11.9 Å². The van der Waals surface area contributed by atoms with E-state index in [1.807, 2.05) is 24.3 Å². The van der Waals surface area contributed by atoms with Crippen LogP contribution < -0.4 is 5.32 Å². The van der Waals surface area contributed by atoms with E-state index >= 15 is 0 Å². The second-order valence-electron chi connectivity index (χ2n) is 5.52. The van der Waals surface area contributed by atoms with E-state index in [4.69, 9.17) is 11.6 Å². The second-order valence-corrected chi connectivity index (χ2v) is 5.79. The van der Waals surface area contributed by atoms with Crippen LogP contribution in [0.5, 0.6) is 0 Å². The standard InChI is InChI=1S/C16H22ClNO/c1-3-13-7-8-15(11(13)2)18-16(19)14-6-4-5-12(9-14)10-17/h4-6,9,11,13,15H,3,7-8,10H2,1-2H3,(H,18,19). The van der Waals surface area contributed by atoms with Crippen LogP contribution in [0.15, 0.2) is 24.3 Å². The Morgan fingerprint density at radius 2 is 2.21 bits per heavy atom. The summed E-state index contributed by atoms with van der Waals surface area (Å²) in [5.74, 6) is 1.80. The number of nitrogens with one attached hydrogen (secondary N) is 1. The molecule has 0 saturated heterocycles. The highest BCUT2D eigenvalue weighted by Crippen LogP contribution is 2.33. The number of rotatable bonds is 4. The predicted molar refractivity (Wildman–Crippen MR) is 79.4 cm³/mol. The Morgan fingerprint density at radius 1 is 1.42 bits per heavy atom. The summed E-state index contributed by atoms with van der Waals surface area (Å²) in [6.45, 7) is 4.48. The highest BCUT2D eigenvalue weighted by molar-refractivity contribution is 6.17. The zero-order chi connectivity index (χ0) is 13.8. The van der Waals surface area contributed by atoms with Gasteiger partial charge >= 0.3 is 0 Å². The quantitative estimate of drug-likeness (QED) is 0.830. The van der Waals surface area contributed by atoms with E-state index in [0.29, 0.717) is 23.4 Å². The number of halogens is 1. The molecule has 1 amide bonds. The average molecular weight is 280 g/mol. The molecule has 1 aromatic rings. The molecule has 104 valence electrons. The van der Waals surface area contributed by atoms with Crippen molar-refractivity contribution in [1.82, 2.24) is 5.32 Å². The Labute approximate surface area is 120 Å². The van der Waals surface area contributed by atoms with E-state index < -0.39 is 0 Å². The minimum absolute atomic E-state index is 0.0283. The highest BCUT2D eigenvalue weighted by atomic mass is 35.5. The van der Waals surface area contributed by atoms with Gasteiger partial charge in [0.2, 0.25) is 0 Å². The first kappa shape index (κ1) is 14.4. The lowest BCUT2D eigenvalue weighted by Crippen LogP contribution is -2.37. The SMILES string of the molecule is CCC1CCC(NC(=O)c2cccc(CCl)c2)C1C. The van der Waals surface area contributed by atoms with Gasteiger partial charge in [-0.1, -0.05) is 32.4 Å². The van der Waals surface area contributed by atoms with Crippen molar-refractivity contribution >= 4 is 17.5 Å². The summed E-state index contributed by atoms with van der Waals surface area (Å²) in [6.07, 6.45) is 3.53. The third-order valence-electron chi connectivity index (χ3n) is 4.41. The molecule has 0 heterocycles. The van der Waals surface area contributed by atoms with Gasteiger partial charge in [0.15, 0.2) is 0 Å². The van der Waals surface area contributed by atoms with E-state index in [9.17, 15) is 4.79 Å². The van der Waals surface area contributed by atoms with E-state index in [-0.39, 0.29) is 5.91 Å². The maximum absolute atomic E-state index is 12.3. The topological polar surface area (TPSA) is 29.1 Å². The molecule has 3 heteroatoms. The maximum Gasteiger partial charge on any atom is 0.251 e. The number of benzene rings is 1. The smallest absolute Gasteiger partial charge is 0.251 e. The van der Waals surface area contributed by atoms with Gasteiger partial charge in [-0.3, -0.25) is 4.79 Å². The first-order valence-corrected chi connectivity index (χ1v) is 7.65. The fourth-order valence-electron chi connectivity index (χ4n) is 3.07. The first-order chi connectivity index (χ1) is 9.15. The van der Waals surface area contributed by atoms with Crippen molar-refractivity contribution < 1.29 is 4.79 Å². The number of alkyl halides is 1. The molecule has 1 fully saturated rings. The Hall–Kier alpha value is -1.02. The molecule has 3 atom stereocenters. The molecule has 1 aromatic carbocycles. The van der Waals surface area contributed by atoms with Crippen LogP contribution in [0, 0.1) is 11.8 Å². The Kier molecular flexibility index (Phi) is 4.87. The molecule has 0 spiro atoms. The molecule has 2 rings (SSSR count). The van der Waals surface area contributed by atoms with Gasteiger partial charge in [-0.2, -0.15) is 0 Å². The molecular weight excluding hydrogens is 258 g/mol. The number of carbonyl (C=O) groups is 1. The van der Waals surface area contributed by atoms with E-state index in [1.54, 1.807) is 0 Å². The summed E-state index contributed by atoms with van der Waals surface area (Å²) in [6, 6.07) is 7.87. The summed E-state index contributed by atoms with van der Waals surface area (Å²) in [4.78, 5) is 12.3. The normalized spacial score (nSPS) is 26.4. The molecular formula is C16H22ClNO. The number of hydrogen-bond acceptors (Lipinski definition) is 1. The van der Waals surface area contributed by atoms with Crippen molar-refractivity contribution in [1.29, 1.82) is 0 Å². The molecule has 3 unspecified atom stereocenters. The summed E-state index contributed by atoms with van der Waals surface area (Å²) in [5.41, 5.74) is 1.70. The van der Waals surface area contributed by atoms with Gasteiger partial charge in [0.1, 0.15) is 0 Å². The third kappa shape index (κ3) is 3.30. The van der Waals surface area contributed by atoms with Crippen LogP contribution in [0.3, 0.4) is 0 Å². The van der Waals surface area contributed by atoms with Gasteiger partial charge in [0.25, 0.3) is 5.91 Å². The molecule has 1 saturated carbocycles. The Morgan fingerprint density at radius 3 is 2.84 bits per heavy atom. The molecule has 0 bridgehead atoms. The number of hydrogen-bond donors (Lipinski definition) is 1. The average Bonchev–Trinajstić information content (AvgIpc) is 2.79. The molecule has 1 aliphatic rings. The van der Waals surface area contributed by atoms with Crippen LogP contribution in [0.2, 0.25) is 0 Å². The molecule has 19 heavy (non-hydrogen) atoms. The summed E-state index contributed by atoms with van der Waals surface area (Å²) >= 11 is 5.80. The highest BCUT2D eigenvalue weighted by Gasteiger charge is 2.32. The molecule has 0 radical (unpaired) electrons. The maximum atomic E-state index is 12.3. The number of amides is 1. The Balaban J connectivity index is 2.01. The van der Waals surface area contributed by atoms with Crippen LogP contribution in [-0.2, 0) is 5.88 Å². The van der Waals surface area contributed by atoms with Crippen LogP contribution >= 0.6 is 11.6 Å². The van der Waals surface area contributed by atoms with Crippen molar-refractivity contribution in [3.8, 4) is 0 Å². The summed E-state index contributed by atoms with van der Waals surface area (Å²) < 4.78 is 0. The first-order valence-electron chi connectivity index (χ1n) is 7.11. The largest absolute Gasteiger partial charge is 0.349 e. The summed E-state index contributed by atoms with van der Waals surface area (Å²) in [7, 11) is 0. The van der Waals surface area contributed by atoms with E-state index in [2.05, 4.69) is 19.2 Å². The van der Waals surface area contributed by atoms with Crippen molar-refractivity contribution in [3.05, 3.63) is 35.4 Å². The summed E-state index contributed by atoms with van der Waals surface area (Å²) in [5, 5.41) is 3.18. The van der Waals surface area contributed by atoms with Crippen molar-refractivity contribution in [2.45, 2.75) is 45.0 Å². The van der Waals surface area contributed by atoms with Gasteiger partial charge < -0.3 is 5.32 Å². The van der Waals surface area contributed by atoms with Gasteiger partial charge in [-0.05, 0) is 42.4 Å². The van der Waals surface area contributed by atoms with Crippen LogP contribution in [0.4, 0.5) is 0 Å². The minimum Gasteiger partial charge on any atom is -0.349 e. The number of carbonyl (C=O) groups excluding carboxylic acids is 1. The minimum atomic E-state index is 0.0283. The lowest BCUT2D eigenvalue weighted by atomic mass is 9.93. The van der Waals surface area contributed by atoms with Gasteiger partial charge in [0.05, 0.1) is 0 Å². The molecule has 2 nitrogen and oxygen atoms in total. The molecule has 1 N–H and O–H groups in total. The monoisotopic (exact) mass is 279 g/mol.